The Morgan fingerprint density at radius 3 is 2.94 bits per heavy atom. The molecule has 0 radical (unpaired) electrons. The number of ether oxygens (including phenoxy) is 1. The summed E-state index contributed by atoms with van der Waals surface area (Å²) >= 11 is 3.87. The van der Waals surface area contributed by atoms with Gasteiger partial charge in [0.25, 0.3) is 0 Å². The van der Waals surface area contributed by atoms with Crippen LogP contribution in [-0.4, -0.2) is 22.0 Å². The first-order chi connectivity index (χ1) is 8.67. The SMILES string of the molecule is CCCn1ncc(OC)c1C(O)c1csc(I)c1. The molecule has 2 aromatic heterocycles. The fraction of sp³-hybridized carbons (Fsp3) is 0.417. The lowest BCUT2D eigenvalue weighted by Crippen LogP contribution is -2.10. The van der Waals surface area contributed by atoms with Gasteiger partial charge in [0.05, 0.1) is 16.2 Å². The third kappa shape index (κ3) is 2.70. The molecule has 2 rings (SSSR count). The minimum atomic E-state index is -0.686. The van der Waals surface area contributed by atoms with Crippen LogP contribution in [0.5, 0.6) is 5.75 Å². The molecule has 0 aliphatic rings. The first-order valence-corrected chi connectivity index (χ1v) is 7.64. The normalized spacial score (nSPS) is 12.7. The van der Waals surface area contributed by atoms with E-state index >= 15 is 0 Å². The molecule has 0 amide bonds. The largest absolute Gasteiger partial charge is 0.493 e. The second kappa shape index (κ2) is 6.03. The summed E-state index contributed by atoms with van der Waals surface area (Å²) in [7, 11) is 1.60. The predicted octanol–water partition coefficient (Wildman–Crippen LogP) is 3.05. The third-order valence-corrected chi connectivity index (χ3v) is 4.47. The standard InChI is InChI=1S/C12H15IN2O2S/c1-3-4-15-11(9(17-2)6-14-15)12(16)8-5-10(13)18-7-8/h5-7,12,16H,3-4H2,1-2H3. The maximum atomic E-state index is 10.5. The number of aryl methyl sites for hydroxylation is 1. The molecule has 0 bridgehead atoms. The van der Waals surface area contributed by atoms with E-state index in [1.54, 1.807) is 24.6 Å². The van der Waals surface area contributed by atoms with Crippen LogP contribution in [0.15, 0.2) is 17.6 Å². The number of halogens is 1. The smallest absolute Gasteiger partial charge is 0.163 e. The molecule has 0 fully saturated rings. The highest BCUT2D eigenvalue weighted by molar-refractivity contribution is 14.1. The highest BCUT2D eigenvalue weighted by Gasteiger charge is 2.22. The number of aliphatic hydroxyl groups is 1. The predicted molar refractivity (Wildman–Crippen MR) is 80.2 cm³/mol. The molecule has 18 heavy (non-hydrogen) atoms. The zero-order chi connectivity index (χ0) is 13.1. The molecule has 2 heterocycles. The van der Waals surface area contributed by atoms with E-state index < -0.39 is 6.10 Å². The van der Waals surface area contributed by atoms with E-state index in [9.17, 15) is 5.11 Å². The van der Waals surface area contributed by atoms with E-state index in [0.29, 0.717) is 5.75 Å². The Kier molecular flexibility index (Phi) is 4.63. The molecule has 0 aromatic carbocycles. The first kappa shape index (κ1) is 13.8. The maximum absolute atomic E-state index is 10.5. The van der Waals surface area contributed by atoms with Crippen LogP contribution in [0, 0.1) is 2.88 Å². The summed E-state index contributed by atoms with van der Waals surface area (Å²) < 4.78 is 8.25. The summed E-state index contributed by atoms with van der Waals surface area (Å²) in [6.45, 7) is 2.86. The van der Waals surface area contributed by atoms with Gasteiger partial charge in [0.15, 0.2) is 5.75 Å². The fourth-order valence-electron chi connectivity index (χ4n) is 1.83. The van der Waals surface area contributed by atoms with E-state index in [2.05, 4.69) is 34.6 Å². The zero-order valence-corrected chi connectivity index (χ0v) is 13.2. The Morgan fingerprint density at radius 2 is 2.39 bits per heavy atom. The monoisotopic (exact) mass is 378 g/mol. The zero-order valence-electron chi connectivity index (χ0n) is 10.3. The molecular weight excluding hydrogens is 363 g/mol. The summed E-state index contributed by atoms with van der Waals surface area (Å²) in [5.41, 5.74) is 1.62. The molecule has 0 spiro atoms. The molecule has 6 heteroatoms. The van der Waals surface area contributed by atoms with Crippen LogP contribution in [0.25, 0.3) is 0 Å². The van der Waals surface area contributed by atoms with Crippen molar-refractivity contribution in [2.24, 2.45) is 0 Å². The van der Waals surface area contributed by atoms with Crippen LogP contribution >= 0.6 is 33.9 Å². The summed E-state index contributed by atoms with van der Waals surface area (Å²) in [6, 6.07) is 1.98. The minimum absolute atomic E-state index is 0.636. The lowest BCUT2D eigenvalue weighted by atomic mass is 10.1. The van der Waals surface area contributed by atoms with Crippen LogP contribution in [0.3, 0.4) is 0 Å². The molecular formula is C12H15IN2O2S. The van der Waals surface area contributed by atoms with Crippen LogP contribution < -0.4 is 4.74 Å². The number of aliphatic hydroxyl groups excluding tert-OH is 1. The molecule has 1 atom stereocenters. The van der Waals surface area contributed by atoms with Crippen LogP contribution in [-0.2, 0) is 6.54 Å². The Hall–Kier alpha value is -0.600. The molecule has 1 N–H and O–H groups in total. The topological polar surface area (TPSA) is 47.3 Å². The van der Waals surface area contributed by atoms with Gasteiger partial charge in [-0.05, 0) is 46.0 Å². The quantitative estimate of drug-likeness (QED) is 0.814. The highest BCUT2D eigenvalue weighted by atomic mass is 127. The van der Waals surface area contributed by atoms with Crippen molar-refractivity contribution in [1.82, 2.24) is 9.78 Å². The summed E-state index contributed by atoms with van der Waals surface area (Å²) in [5.74, 6) is 0.636. The van der Waals surface area contributed by atoms with E-state index in [1.165, 1.54) is 0 Å². The Morgan fingerprint density at radius 1 is 1.61 bits per heavy atom. The summed E-state index contributed by atoms with van der Waals surface area (Å²) in [5, 5.41) is 16.7. The second-order valence-electron chi connectivity index (χ2n) is 3.91. The van der Waals surface area contributed by atoms with Crippen molar-refractivity contribution in [2.75, 3.05) is 7.11 Å². The van der Waals surface area contributed by atoms with E-state index in [-0.39, 0.29) is 0 Å². The lowest BCUT2D eigenvalue weighted by molar-refractivity contribution is 0.202. The van der Waals surface area contributed by atoms with Crippen molar-refractivity contribution >= 4 is 33.9 Å². The van der Waals surface area contributed by atoms with Gasteiger partial charge in [-0.3, -0.25) is 4.68 Å². The van der Waals surface area contributed by atoms with Gasteiger partial charge in [0.1, 0.15) is 11.8 Å². The van der Waals surface area contributed by atoms with Crippen LogP contribution in [0.2, 0.25) is 0 Å². The first-order valence-electron chi connectivity index (χ1n) is 5.69. The van der Waals surface area contributed by atoms with Crippen molar-refractivity contribution in [3.05, 3.63) is 31.8 Å². The molecule has 4 nitrogen and oxygen atoms in total. The number of nitrogens with zero attached hydrogens (tertiary/aromatic N) is 2. The number of rotatable bonds is 5. The molecule has 0 saturated heterocycles. The van der Waals surface area contributed by atoms with Gasteiger partial charge >= 0.3 is 0 Å². The second-order valence-corrected chi connectivity index (χ2v) is 6.71. The van der Waals surface area contributed by atoms with Crippen molar-refractivity contribution in [3.8, 4) is 5.75 Å². The van der Waals surface area contributed by atoms with E-state index in [0.717, 1.165) is 27.1 Å². The third-order valence-electron chi connectivity index (χ3n) is 2.66. The molecule has 0 aliphatic heterocycles. The number of aromatic nitrogens is 2. The Balaban J connectivity index is 2.38. The Bertz CT molecular complexity index is 524. The van der Waals surface area contributed by atoms with Crippen molar-refractivity contribution in [3.63, 3.8) is 0 Å². The van der Waals surface area contributed by atoms with Gasteiger partial charge in [-0.1, -0.05) is 6.92 Å². The number of thiophene rings is 1. The molecule has 98 valence electrons. The van der Waals surface area contributed by atoms with Crippen LogP contribution in [0.1, 0.15) is 30.7 Å². The van der Waals surface area contributed by atoms with Gasteiger partial charge in [0.2, 0.25) is 0 Å². The average molecular weight is 378 g/mol. The van der Waals surface area contributed by atoms with Crippen molar-refractivity contribution in [2.45, 2.75) is 26.0 Å². The van der Waals surface area contributed by atoms with Gasteiger partial charge in [-0.2, -0.15) is 5.10 Å². The van der Waals surface area contributed by atoms with E-state index in [1.807, 2.05) is 16.1 Å². The fourth-order valence-corrected chi connectivity index (χ4v) is 3.22. The molecule has 0 aliphatic carbocycles. The number of hydrogen-bond acceptors (Lipinski definition) is 4. The van der Waals surface area contributed by atoms with Crippen molar-refractivity contribution in [1.29, 1.82) is 0 Å². The van der Waals surface area contributed by atoms with Crippen LogP contribution in [0.4, 0.5) is 0 Å². The van der Waals surface area contributed by atoms with Gasteiger partial charge in [0, 0.05) is 6.54 Å². The molecule has 0 saturated carbocycles. The van der Waals surface area contributed by atoms with Crippen molar-refractivity contribution < 1.29 is 9.84 Å². The van der Waals surface area contributed by atoms with E-state index in [4.69, 9.17) is 4.74 Å². The summed E-state index contributed by atoms with van der Waals surface area (Å²) in [4.78, 5) is 0. The Labute approximate surface area is 124 Å². The summed E-state index contributed by atoms with van der Waals surface area (Å²) in [6.07, 6.45) is 1.94. The highest BCUT2D eigenvalue weighted by Crippen LogP contribution is 2.32. The number of methoxy groups -OCH3 is 1. The molecule has 1 unspecified atom stereocenters. The number of hydrogen-bond donors (Lipinski definition) is 1. The average Bonchev–Trinajstić information content (AvgIpc) is 2.95. The maximum Gasteiger partial charge on any atom is 0.163 e. The van der Waals surface area contributed by atoms with Gasteiger partial charge in [-0.15, -0.1) is 11.3 Å². The molecule has 2 aromatic rings. The lowest BCUT2D eigenvalue weighted by Gasteiger charge is -2.13. The van der Waals surface area contributed by atoms with Gasteiger partial charge in [-0.25, -0.2) is 0 Å². The minimum Gasteiger partial charge on any atom is -0.493 e. The van der Waals surface area contributed by atoms with Gasteiger partial charge < -0.3 is 9.84 Å².